The van der Waals surface area contributed by atoms with Gasteiger partial charge in [-0.15, -0.1) is 0 Å². The van der Waals surface area contributed by atoms with E-state index in [2.05, 4.69) is 0 Å². The minimum atomic E-state index is -0.866. The van der Waals surface area contributed by atoms with Gasteiger partial charge in [-0.2, -0.15) is 0 Å². The predicted octanol–water partition coefficient (Wildman–Crippen LogP) is 1.76. The summed E-state index contributed by atoms with van der Waals surface area (Å²) in [6, 6.07) is 13.4. The van der Waals surface area contributed by atoms with Crippen molar-refractivity contribution in [3.63, 3.8) is 0 Å². The van der Waals surface area contributed by atoms with E-state index in [1.54, 1.807) is 31.3 Å². The van der Waals surface area contributed by atoms with Crippen LogP contribution in [0.25, 0.3) is 0 Å². The Morgan fingerprint density at radius 2 is 1.32 bits per heavy atom. The number of nitrogens with zero attached hydrogens (tertiary/aromatic N) is 3. The van der Waals surface area contributed by atoms with Crippen LogP contribution in [0.3, 0.4) is 0 Å². The van der Waals surface area contributed by atoms with Gasteiger partial charge in [0, 0.05) is 20.6 Å². The molecule has 0 saturated carbocycles. The zero-order chi connectivity index (χ0) is 17.7. The molecular formula is C19H17N3O3. The first-order chi connectivity index (χ1) is 12.0. The minimum absolute atomic E-state index is 0.256. The van der Waals surface area contributed by atoms with Crippen LogP contribution in [-0.4, -0.2) is 49.3 Å². The number of para-hydroxylation sites is 2. The van der Waals surface area contributed by atoms with Gasteiger partial charge in [-0.05, 0) is 24.3 Å². The summed E-state index contributed by atoms with van der Waals surface area (Å²) >= 11 is 0. The van der Waals surface area contributed by atoms with Crippen LogP contribution in [0.2, 0.25) is 0 Å². The van der Waals surface area contributed by atoms with E-state index >= 15 is 0 Å². The molecule has 0 aliphatic carbocycles. The third kappa shape index (κ3) is 2.14. The van der Waals surface area contributed by atoms with Gasteiger partial charge in [0.1, 0.15) is 6.04 Å². The molecule has 0 aromatic heterocycles. The molecule has 2 aliphatic rings. The van der Waals surface area contributed by atoms with Gasteiger partial charge in [0.15, 0.2) is 0 Å². The summed E-state index contributed by atoms with van der Waals surface area (Å²) in [6.07, 6.45) is 0. The Morgan fingerprint density at radius 3 is 1.92 bits per heavy atom. The van der Waals surface area contributed by atoms with E-state index in [0.717, 1.165) is 16.3 Å². The second-order valence-electron chi connectivity index (χ2n) is 6.31. The van der Waals surface area contributed by atoms with Crippen molar-refractivity contribution in [2.75, 3.05) is 30.4 Å². The molecule has 25 heavy (non-hydrogen) atoms. The van der Waals surface area contributed by atoms with Gasteiger partial charge in [0.25, 0.3) is 17.7 Å². The average molecular weight is 335 g/mol. The van der Waals surface area contributed by atoms with Gasteiger partial charge in [-0.1, -0.05) is 24.3 Å². The smallest absolute Gasteiger partial charge is 0.262 e. The van der Waals surface area contributed by atoms with E-state index in [1.165, 1.54) is 4.90 Å². The molecule has 0 N–H and O–H groups in total. The summed E-state index contributed by atoms with van der Waals surface area (Å²) in [4.78, 5) is 43.1. The van der Waals surface area contributed by atoms with E-state index in [9.17, 15) is 14.4 Å². The van der Waals surface area contributed by atoms with Gasteiger partial charge in [0.2, 0.25) is 0 Å². The molecule has 2 aromatic rings. The largest absolute Gasteiger partial charge is 0.370 e. The second-order valence-corrected chi connectivity index (χ2v) is 6.31. The SMILES string of the molecule is CN1CC(N2C(=O)c3ccccc3C2=O)C(=O)N(C)c2ccccc21. The van der Waals surface area contributed by atoms with Gasteiger partial charge < -0.3 is 9.80 Å². The normalized spacial score (nSPS) is 19.8. The first-order valence-electron chi connectivity index (χ1n) is 8.05. The van der Waals surface area contributed by atoms with Gasteiger partial charge >= 0.3 is 0 Å². The number of anilines is 2. The summed E-state index contributed by atoms with van der Waals surface area (Å²) < 4.78 is 0. The van der Waals surface area contributed by atoms with Crippen molar-refractivity contribution in [1.29, 1.82) is 0 Å². The summed E-state index contributed by atoms with van der Waals surface area (Å²) in [5, 5.41) is 0. The van der Waals surface area contributed by atoms with Crippen molar-refractivity contribution in [3.05, 3.63) is 59.7 Å². The van der Waals surface area contributed by atoms with E-state index in [-0.39, 0.29) is 12.5 Å². The van der Waals surface area contributed by atoms with Crippen LogP contribution < -0.4 is 9.80 Å². The molecule has 2 aromatic carbocycles. The molecule has 6 nitrogen and oxygen atoms in total. The summed E-state index contributed by atoms with van der Waals surface area (Å²) in [5.41, 5.74) is 2.35. The number of rotatable bonds is 1. The van der Waals surface area contributed by atoms with Crippen molar-refractivity contribution in [1.82, 2.24) is 4.90 Å². The van der Waals surface area contributed by atoms with Crippen LogP contribution in [0.4, 0.5) is 11.4 Å². The van der Waals surface area contributed by atoms with Gasteiger partial charge in [-0.25, -0.2) is 0 Å². The number of hydrogen-bond donors (Lipinski definition) is 0. The molecule has 0 spiro atoms. The van der Waals surface area contributed by atoms with Crippen molar-refractivity contribution in [2.24, 2.45) is 0 Å². The topological polar surface area (TPSA) is 60.9 Å². The second kappa shape index (κ2) is 5.44. The molecule has 2 aliphatic heterocycles. The number of amides is 3. The Balaban J connectivity index is 1.77. The van der Waals surface area contributed by atoms with Gasteiger partial charge in [0.05, 0.1) is 22.5 Å². The number of hydrogen-bond acceptors (Lipinski definition) is 4. The van der Waals surface area contributed by atoms with Crippen LogP contribution in [-0.2, 0) is 4.79 Å². The quantitative estimate of drug-likeness (QED) is 0.745. The molecule has 126 valence electrons. The van der Waals surface area contributed by atoms with Gasteiger partial charge in [-0.3, -0.25) is 19.3 Å². The summed E-state index contributed by atoms with van der Waals surface area (Å²) in [6.45, 7) is 0.256. The van der Waals surface area contributed by atoms with Crippen LogP contribution in [0.15, 0.2) is 48.5 Å². The highest BCUT2D eigenvalue weighted by molar-refractivity contribution is 6.23. The lowest BCUT2D eigenvalue weighted by molar-refractivity contribution is -0.121. The molecule has 1 atom stereocenters. The Hall–Kier alpha value is -3.15. The molecule has 0 fully saturated rings. The van der Waals surface area contributed by atoms with E-state index in [1.807, 2.05) is 36.2 Å². The van der Waals surface area contributed by atoms with Crippen molar-refractivity contribution in [2.45, 2.75) is 6.04 Å². The zero-order valence-electron chi connectivity index (χ0n) is 14.0. The highest BCUT2D eigenvalue weighted by atomic mass is 16.2. The summed E-state index contributed by atoms with van der Waals surface area (Å²) in [7, 11) is 3.53. The van der Waals surface area contributed by atoms with Crippen molar-refractivity contribution >= 4 is 29.1 Å². The third-order valence-corrected chi connectivity index (χ3v) is 4.85. The maximum Gasteiger partial charge on any atom is 0.262 e. The molecule has 3 amide bonds. The van der Waals surface area contributed by atoms with Crippen LogP contribution in [0.1, 0.15) is 20.7 Å². The summed E-state index contributed by atoms with van der Waals surface area (Å²) in [5.74, 6) is -1.09. The molecule has 2 heterocycles. The maximum absolute atomic E-state index is 13.0. The van der Waals surface area contributed by atoms with Crippen LogP contribution >= 0.6 is 0 Å². The lowest BCUT2D eigenvalue weighted by Crippen LogP contribution is -2.53. The monoisotopic (exact) mass is 335 g/mol. The number of imide groups is 1. The Kier molecular flexibility index (Phi) is 3.35. The van der Waals surface area contributed by atoms with Crippen molar-refractivity contribution < 1.29 is 14.4 Å². The fourth-order valence-electron chi connectivity index (χ4n) is 3.53. The molecule has 6 heteroatoms. The van der Waals surface area contributed by atoms with Crippen LogP contribution in [0, 0.1) is 0 Å². The predicted molar refractivity (Wildman–Crippen MR) is 93.9 cm³/mol. The van der Waals surface area contributed by atoms with E-state index < -0.39 is 17.9 Å². The van der Waals surface area contributed by atoms with Crippen molar-refractivity contribution in [3.8, 4) is 0 Å². The van der Waals surface area contributed by atoms with Crippen LogP contribution in [0.5, 0.6) is 0 Å². The number of fused-ring (bicyclic) bond motifs is 2. The average Bonchev–Trinajstić information content (AvgIpc) is 2.84. The molecule has 1 unspecified atom stereocenters. The number of carbonyl (C=O) groups is 3. The third-order valence-electron chi connectivity index (χ3n) is 4.85. The first kappa shape index (κ1) is 15.4. The molecule has 4 rings (SSSR count). The number of carbonyl (C=O) groups excluding carboxylic acids is 3. The lowest BCUT2D eigenvalue weighted by Gasteiger charge is -2.28. The Morgan fingerprint density at radius 1 is 0.800 bits per heavy atom. The maximum atomic E-state index is 13.0. The standard InChI is InChI=1S/C19H17N3O3/c1-20-11-16(19(25)21(2)15-10-6-5-9-14(15)20)22-17(23)12-7-3-4-8-13(12)18(22)24/h3-10,16H,11H2,1-2H3. The number of likely N-dealkylation sites (N-methyl/N-ethyl adjacent to an activating group) is 2. The molecule has 0 saturated heterocycles. The molecule has 0 bridgehead atoms. The zero-order valence-corrected chi connectivity index (χ0v) is 14.0. The minimum Gasteiger partial charge on any atom is -0.370 e. The fraction of sp³-hybridized carbons (Fsp3) is 0.211. The highest BCUT2D eigenvalue weighted by Gasteiger charge is 2.45. The fourth-order valence-corrected chi connectivity index (χ4v) is 3.53. The molecular weight excluding hydrogens is 318 g/mol. The van der Waals surface area contributed by atoms with E-state index in [0.29, 0.717) is 11.1 Å². The Bertz CT molecular complexity index is 873. The Labute approximate surface area is 145 Å². The molecule has 0 radical (unpaired) electrons. The first-order valence-corrected chi connectivity index (χ1v) is 8.05. The highest BCUT2D eigenvalue weighted by Crippen LogP contribution is 2.33. The lowest BCUT2D eigenvalue weighted by atomic mass is 10.1. The number of benzene rings is 2. The van der Waals surface area contributed by atoms with E-state index in [4.69, 9.17) is 0 Å².